The van der Waals surface area contributed by atoms with E-state index in [-0.39, 0.29) is 5.97 Å². The van der Waals surface area contributed by atoms with Gasteiger partial charge in [0.05, 0.1) is 19.7 Å². The highest BCUT2D eigenvalue weighted by atomic mass is 16.5. The molecule has 1 aromatic heterocycles. The van der Waals surface area contributed by atoms with Crippen LogP contribution in [0, 0.1) is 6.92 Å². The van der Waals surface area contributed by atoms with Crippen LogP contribution in [0.3, 0.4) is 0 Å². The molecule has 0 fully saturated rings. The smallest absolute Gasteiger partial charge is 0.354 e. The van der Waals surface area contributed by atoms with Crippen LogP contribution in [0.4, 0.5) is 0 Å². The third-order valence-electron chi connectivity index (χ3n) is 2.65. The SMILES string of the molecule is COC(=O)c1[nH]c2cc(OC)ccc2c1C. The number of carbonyl (C=O) groups is 1. The van der Waals surface area contributed by atoms with Gasteiger partial charge in [0.15, 0.2) is 0 Å². The molecule has 0 amide bonds. The molecule has 0 bridgehead atoms. The van der Waals surface area contributed by atoms with Gasteiger partial charge in [0, 0.05) is 11.5 Å². The van der Waals surface area contributed by atoms with Crippen molar-refractivity contribution in [1.82, 2.24) is 4.98 Å². The van der Waals surface area contributed by atoms with Gasteiger partial charge in [-0.15, -0.1) is 0 Å². The van der Waals surface area contributed by atoms with E-state index >= 15 is 0 Å². The molecule has 0 aliphatic rings. The van der Waals surface area contributed by atoms with E-state index in [4.69, 9.17) is 9.47 Å². The quantitative estimate of drug-likeness (QED) is 0.788. The van der Waals surface area contributed by atoms with Crippen LogP contribution < -0.4 is 4.74 Å². The first kappa shape index (κ1) is 10.5. The lowest BCUT2D eigenvalue weighted by atomic mass is 10.1. The molecule has 0 radical (unpaired) electrons. The zero-order valence-electron chi connectivity index (χ0n) is 9.46. The summed E-state index contributed by atoms with van der Waals surface area (Å²) in [6.07, 6.45) is 0. The largest absolute Gasteiger partial charge is 0.497 e. The summed E-state index contributed by atoms with van der Waals surface area (Å²) in [6.45, 7) is 1.89. The van der Waals surface area contributed by atoms with Crippen LogP contribution in [-0.4, -0.2) is 25.2 Å². The Bertz CT molecular complexity index is 542. The lowest BCUT2D eigenvalue weighted by molar-refractivity contribution is 0.0594. The lowest BCUT2D eigenvalue weighted by Gasteiger charge is -1.98. The fraction of sp³-hybridized carbons (Fsp3) is 0.250. The molecule has 1 aromatic carbocycles. The van der Waals surface area contributed by atoms with E-state index < -0.39 is 0 Å². The first-order valence-electron chi connectivity index (χ1n) is 4.92. The molecule has 4 heteroatoms. The highest BCUT2D eigenvalue weighted by Crippen LogP contribution is 2.25. The van der Waals surface area contributed by atoms with Gasteiger partial charge in [0.1, 0.15) is 11.4 Å². The summed E-state index contributed by atoms with van der Waals surface area (Å²) in [5.74, 6) is 0.401. The number of rotatable bonds is 2. The van der Waals surface area contributed by atoms with Crippen molar-refractivity contribution < 1.29 is 14.3 Å². The molecule has 0 unspecified atom stereocenters. The Hall–Kier alpha value is -1.97. The number of methoxy groups -OCH3 is 2. The second kappa shape index (κ2) is 3.89. The maximum atomic E-state index is 11.5. The predicted octanol–water partition coefficient (Wildman–Crippen LogP) is 2.27. The normalized spacial score (nSPS) is 10.4. The van der Waals surface area contributed by atoms with Gasteiger partial charge in [-0.3, -0.25) is 0 Å². The van der Waals surface area contributed by atoms with Crippen LogP contribution in [0.15, 0.2) is 18.2 Å². The number of H-pyrrole nitrogens is 1. The third-order valence-corrected chi connectivity index (χ3v) is 2.65. The van der Waals surface area contributed by atoms with E-state index in [1.165, 1.54) is 7.11 Å². The predicted molar refractivity (Wildman–Crippen MR) is 60.9 cm³/mol. The minimum atomic E-state index is -0.354. The van der Waals surface area contributed by atoms with Gasteiger partial charge in [0.2, 0.25) is 0 Å². The molecule has 0 aliphatic carbocycles. The molecule has 2 aromatic rings. The summed E-state index contributed by atoms with van der Waals surface area (Å²) in [5, 5.41) is 1.00. The van der Waals surface area contributed by atoms with E-state index in [9.17, 15) is 4.79 Å². The van der Waals surface area contributed by atoms with Gasteiger partial charge in [-0.2, -0.15) is 0 Å². The average molecular weight is 219 g/mol. The summed E-state index contributed by atoms with van der Waals surface area (Å²) in [5.41, 5.74) is 2.26. The number of hydrogen-bond donors (Lipinski definition) is 1. The second-order valence-corrected chi connectivity index (χ2v) is 3.53. The zero-order valence-corrected chi connectivity index (χ0v) is 9.46. The van der Waals surface area contributed by atoms with E-state index in [0.717, 1.165) is 22.2 Å². The Labute approximate surface area is 93.2 Å². The summed E-state index contributed by atoms with van der Waals surface area (Å²) < 4.78 is 9.82. The van der Waals surface area contributed by atoms with Crippen LogP contribution in [0.1, 0.15) is 16.1 Å². The number of aromatic nitrogens is 1. The van der Waals surface area contributed by atoms with Crippen molar-refractivity contribution in [3.05, 3.63) is 29.5 Å². The van der Waals surface area contributed by atoms with Crippen molar-refractivity contribution in [3.8, 4) is 5.75 Å². The Kier molecular flexibility index (Phi) is 2.56. The van der Waals surface area contributed by atoms with Gasteiger partial charge in [-0.05, 0) is 24.6 Å². The molecule has 1 heterocycles. The molecule has 16 heavy (non-hydrogen) atoms. The van der Waals surface area contributed by atoms with Crippen LogP contribution in [0.2, 0.25) is 0 Å². The van der Waals surface area contributed by atoms with Crippen molar-refractivity contribution in [2.24, 2.45) is 0 Å². The fourth-order valence-corrected chi connectivity index (χ4v) is 1.75. The number of fused-ring (bicyclic) bond motifs is 1. The van der Waals surface area contributed by atoms with Crippen LogP contribution in [0.5, 0.6) is 5.75 Å². The maximum Gasteiger partial charge on any atom is 0.354 e. The third kappa shape index (κ3) is 1.52. The number of benzene rings is 1. The number of aromatic amines is 1. The second-order valence-electron chi connectivity index (χ2n) is 3.53. The van der Waals surface area contributed by atoms with Crippen molar-refractivity contribution in [1.29, 1.82) is 0 Å². The molecule has 0 atom stereocenters. The van der Waals surface area contributed by atoms with Crippen molar-refractivity contribution in [2.45, 2.75) is 6.92 Å². The number of hydrogen-bond acceptors (Lipinski definition) is 3. The number of esters is 1. The Morgan fingerprint density at radius 1 is 1.31 bits per heavy atom. The van der Waals surface area contributed by atoms with Gasteiger partial charge < -0.3 is 14.5 Å². The summed E-state index contributed by atoms with van der Waals surface area (Å²) in [4.78, 5) is 14.5. The average Bonchev–Trinajstić information content (AvgIpc) is 2.65. The van der Waals surface area contributed by atoms with Crippen molar-refractivity contribution in [2.75, 3.05) is 14.2 Å². The zero-order chi connectivity index (χ0) is 11.7. The number of carbonyl (C=O) groups excluding carboxylic acids is 1. The number of aryl methyl sites for hydroxylation is 1. The minimum Gasteiger partial charge on any atom is -0.497 e. The van der Waals surface area contributed by atoms with E-state index in [2.05, 4.69) is 4.98 Å². The highest BCUT2D eigenvalue weighted by Gasteiger charge is 2.14. The van der Waals surface area contributed by atoms with E-state index in [1.807, 2.05) is 25.1 Å². The molecule has 2 rings (SSSR count). The van der Waals surface area contributed by atoms with Gasteiger partial charge in [-0.25, -0.2) is 4.79 Å². The van der Waals surface area contributed by atoms with Crippen molar-refractivity contribution >= 4 is 16.9 Å². The summed E-state index contributed by atoms with van der Waals surface area (Å²) >= 11 is 0. The summed E-state index contributed by atoms with van der Waals surface area (Å²) in [7, 11) is 2.98. The first-order valence-corrected chi connectivity index (χ1v) is 4.92. The molecule has 1 N–H and O–H groups in total. The Balaban J connectivity index is 2.63. The molecule has 0 saturated carbocycles. The van der Waals surface area contributed by atoms with E-state index in [0.29, 0.717) is 5.69 Å². The molecule has 84 valence electrons. The standard InChI is InChI=1S/C12H13NO3/c1-7-9-5-4-8(15-2)6-10(9)13-11(7)12(14)16-3/h4-6,13H,1-3H3. The van der Waals surface area contributed by atoms with E-state index in [1.54, 1.807) is 7.11 Å². The molecular weight excluding hydrogens is 206 g/mol. The topological polar surface area (TPSA) is 51.3 Å². The van der Waals surface area contributed by atoms with Gasteiger partial charge in [0.25, 0.3) is 0 Å². The molecule has 0 saturated heterocycles. The van der Waals surface area contributed by atoms with Gasteiger partial charge in [-0.1, -0.05) is 0 Å². The molecular formula is C12H13NO3. The highest BCUT2D eigenvalue weighted by molar-refractivity contribution is 5.98. The Morgan fingerprint density at radius 2 is 2.06 bits per heavy atom. The first-order chi connectivity index (χ1) is 7.67. The van der Waals surface area contributed by atoms with Gasteiger partial charge >= 0.3 is 5.97 Å². The van der Waals surface area contributed by atoms with Crippen LogP contribution >= 0.6 is 0 Å². The fourth-order valence-electron chi connectivity index (χ4n) is 1.75. The van der Waals surface area contributed by atoms with Crippen LogP contribution in [0.25, 0.3) is 10.9 Å². The molecule has 4 nitrogen and oxygen atoms in total. The lowest BCUT2D eigenvalue weighted by Crippen LogP contribution is -2.02. The Morgan fingerprint density at radius 3 is 2.69 bits per heavy atom. The maximum absolute atomic E-state index is 11.5. The molecule has 0 aliphatic heterocycles. The monoisotopic (exact) mass is 219 g/mol. The van der Waals surface area contributed by atoms with Crippen molar-refractivity contribution in [3.63, 3.8) is 0 Å². The van der Waals surface area contributed by atoms with Crippen LogP contribution in [-0.2, 0) is 4.74 Å². The number of nitrogens with one attached hydrogen (secondary N) is 1. The number of ether oxygens (including phenoxy) is 2. The minimum absolute atomic E-state index is 0.354. The molecule has 0 spiro atoms. The summed E-state index contributed by atoms with van der Waals surface area (Å²) in [6, 6.07) is 5.64.